The van der Waals surface area contributed by atoms with Crippen molar-refractivity contribution in [2.45, 2.75) is 6.54 Å². The molecule has 1 aliphatic heterocycles. The Balaban J connectivity index is 1.37. The van der Waals surface area contributed by atoms with Gasteiger partial charge in [0.05, 0.1) is 22.5 Å². The zero-order chi connectivity index (χ0) is 21.4. The first-order chi connectivity index (χ1) is 15.1. The number of nitrogens with zero attached hydrogens (tertiary/aromatic N) is 3. The third-order valence-corrected chi connectivity index (χ3v) is 6.60. The summed E-state index contributed by atoms with van der Waals surface area (Å²) in [5.74, 6) is 0.0299. The number of amides is 1. The van der Waals surface area contributed by atoms with Crippen molar-refractivity contribution >= 4 is 50.2 Å². The normalized spacial score (nSPS) is 14.4. The van der Waals surface area contributed by atoms with Gasteiger partial charge in [-0.3, -0.25) is 4.79 Å². The molecule has 0 saturated carbocycles. The van der Waals surface area contributed by atoms with Crippen LogP contribution in [0, 0.1) is 0 Å². The number of benzene rings is 2. The molecule has 4 aromatic rings. The highest BCUT2D eigenvalue weighted by molar-refractivity contribution is 9.10. The smallest absolute Gasteiger partial charge is 0.270 e. The Labute approximate surface area is 193 Å². The maximum absolute atomic E-state index is 13.5. The molecule has 2 aromatic heterocycles. The van der Waals surface area contributed by atoms with Crippen LogP contribution in [0.5, 0.6) is 0 Å². The molecule has 0 spiro atoms. The molecule has 0 unspecified atom stereocenters. The van der Waals surface area contributed by atoms with Crippen LogP contribution in [0.1, 0.15) is 16.1 Å². The number of halogens is 2. The molecule has 5 nitrogen and oxygen atoms in total. The van der Waals surface area contributed by atoms with Crippen molar-refractivity contribution in [1.29, 1.82) is 0 Å². The summed E-state index contributed by atoms with van der Waals surface area (Å²) in [6.45, 7) is 3.40. The second-order valence-corrected chi connectivity index (χ2v) is 8.97. The van der Waals surface area contributed by atoms with Gasteiger partial charge >= 0.3 is 0 Å². The quantitative estimate of drug-likeness (QED) is 0.364. The van der Waals surface area contributed by atoms with Gasteiger partial charge in [0.15, 0.2) is 5.58 Å². The van der Waals surface area contributed by atoms with Gasteiger partial charge in [-0.15, -0.1) is 0 Å². The number of hydrogen-bond acceptors (Lipinski definition) is 3. The van der Waals surface area contributed by atoms with Gasteiger partial charge in [0.25, 0.3) is 5.91 Å². The highest BCUT2D eigenvalue weighted by Gasteiger charge is 2.26. The first kappa shape index (κ1) is 20.2. The first-order valence-electron chi connectivity index (χ1n) is 10.2. The number of rotatable bonds is 4. The molecule has 3 heterocycles. The topological polar surface area (TPSA) is 41.6 Å². The van der Waals surface area contributed by atoms with Crippen LogP contribution in [0.2, 0.25) is 5.02 Å². The number of furan rings is 1. The van der Waals surface area contributed by atoms with Crippen molar-refractivity contribution in [3.8, 4) is 0 Å². The van der Waals surface area contributed by atoms with E-state index in [1.165, 1.54) is 0 Å². The van der Waals surface area contributed by atoms with Crippen molar-refractivity contribution in [2.75, 3.05) is 31.1 Å². The summed E-state index contributed by atoms with van der Waals surface area (Å²) in [4.78, 5) is 17.6. The Morgan fingerprint density at radius 1 is 1.00 bits per heavy atom. The number of aromatic nitrogens is 1. The van der Waals surface area contributed by atoms with E-state index in [2.05, 4.69) is 33.0 Å². The molecule has 7 heteroatoms. The summed E-state index contributed by atoms with van der Waals surface area (Å²) >= 11 is 9.83. The number of anilines is 1. The zero-order valence-corrected chi connectivity index (χ0v) is 19.1. The van der Waals surface area contributed by atoms with E-state index in [4.69, 9.17) is 16.0 Å². The maximum atomic E-state index is 13.5. The van der Waals surface area contributed by atoms with Gasteiger partial charge in [-0.05, 0) is 29.8 Å². The van der Waals surface area contributed by atoms with E-state index < -0.39 is 0 Å². The predicted molar refractivity (Wildman–Crippen MR) is 127 cm³/mol. The van der Waals surface area contributed by atoms with Crippen LogP contribution in [0.3, 0.4) is 0 Å². The third-order valence-electron chi connectivity index (χ3n) is 5.76. The van der Waals surface area contributed by atoms with Crippen LogP contribution in [0.4, 0.5) is 5.69 Å². The summed E-state index contributed by atoms with van der Waals surface area (Å²) in [6, 6.07) is 19.8. The molecule has 0 bridgehead atoms. The zero-order valence-electron chi connectivity index (χ0n) is 16.8. The molecule has 31 heavy (non-hydrogen) atoms. The lowest BCUT2D eigenvalue weighted by atomic mass is 10.2. The number of piperazine rings is 1. The number of carbonyl (C=O) groups excluding carboxylic acids is 1. The van der Waals surface area contributed by atoms with Crippen molar-refractivity contribution in [2.24, 2.45) is 0 Å². The van der Waals surface area contributed by atoms with Gasteiger partial charge in [-0.25, -0.2) is 0 Å². The summed E-state index contributed by atoms with van der Waals surface area (Å²) in [7, 11) is 0. The van der Waals surface area contributed by atoms with E-state index in [1.54, 1.807) is 6.26 Å². The Kier molecular flexibility index (Phi) is 5.50. The highest BCUT2D eigenvalue weighted by atomic mass is 79.9. The SMILES string of the molecule is O=C(c1cc2occc2n1Cc1ccc(Br)cc1)N1CCN(c2ccccc2Cl)CC1. The van der Waals surface area contributed by atoms with Crippen LogP contribution in [-0.4, -0.2) is 41.6 Å². The molecule has 1 amide bonds. The monoisotopic (exact) mass is 497 g/mol. The Morgan fingerprint density at radius 3 is 2.48 bits per heavy atom. The van der Waals surface area contributed by atoms with E-state index in [0.29, 0.717) is 25.3 Å². The number of hydrogen-bond donors (Lipinski definition) is 0. The fourth-order valence-electron chi connectivity index (χ4n) is 4.12. The van der Waals surface area contributed by atoms with Gasteiger partial charge < -0.3 is 18.8 Å². The number of fused-ring (bicyclic) bond motifs is 1. The molecule has 1 fully saturated rings. The maximum Gasteiger partial charge on any atom is 0.270 e. The largest absolute Gasteiger partial charge is 0.463 e. The van der Waals surface area contributed by atoms with E-state index in [0.717, 1.165) is 44.9 Å². The van der Waals surface area contributed by atoms with Crippen molar-refractivity contribution in [3.05, 3.63) is 87.7 Å². The van der Waals surface area contributed by atoms with Crippen LogP contribution in [0.15, 0.2) is 75.8 Å². The molecule has 5 rings (SSSR count). The van der Waals surface area contributed by atoms with E-state index in [9.17, 15) is 4.79 Å². The fourth-order valence-corrected chi connectivity index (χ4v) is 4.64. The summed E-state index contributed by atoms with van der Waals surface area (Å²) in [5.41, 5.74) is 4.46. The lowest BCUT2D eigenvalue weighted by molar-refractivity contribution is 0.0737. The molecule has 0 N–H and O–H groups in total. The van der Waals surface area contributed by atoms with E-state index in [-0.39, 0.29) is 5.91 Å². The van der Waals surface area contributed by atoms with Crippen LogP contribution in [-0.2, 0) is 6.54 Å². The molecule has 2 aromatic carbocycles. The molecular weight excluding hydrogens is 478 g/mol. The number of carbonyl (C=O) groups is 1. The van der Waals surface area contributed by atoms with Gasteiger partial charge in [0, 0.05) is 49.3 Å². The lowest BCUT2D eigenvalue weighted by Gasteiger charge is -2.36. The number of para-hydroxylation sites is 1. The second kappa shape index (κ2) is 8.44. The predicted octanol–water partition coefficient (Wildman–Crippen LogP) is 5.66. The minimum atomic E-state index is 0.0299. The van der Waals surface area contributed by atoms with Crippen LogP contribution >= 0.6 is 27.5 Å². The van der Waals surface area contributed by atoms with E-state index >= 15 is 0 Å². The second-order valence-electron chi connectivity index (χ2n) is 7.64. The standard InChI is InChI=1S/C24H21BrClN3O2/c25-18-7-5-17(6-8-18)16-29-21-9-14-31-23(21)15-22(29)24(30)28-12-10-27(11-13-28)20-4-2-1-3-19(20)26/h1-9,14-15H,10-13,16H2. The summed E-state index contributed by atoms with van der Waals surface area (Å²) < 4.78 is 8.68. The molecular formula is C24H21BrClN3O2. The minimum absolute atomic E-state index is 0.0299. The summed E-state index contributed by atoms with van der Waals surface area (Å²) in [5, 5.41) is 0.742. The van der Waals surface area contributed by atoms with E-state index in [1.807, 2.05) is 58.0 Å². The Morgan fingerprint density at radius 2 is 1.74 bits per heavy atom. The first-order valence-corrected chi connectivity index (χ1v) is 11.4. The van der Waals surface area contributed by atoms with Gasteiger partial charge in [-0.1, -0.05) is 51.8 Å². The van der Waals surface area contributed by atoms with Crippen molar-refractivity contribution < 1.29 is 9.21 Å². The molecule has 1 saturated heterocycles. The van der Waals surface area contributed by atoms with Crippen LogP contribution < -0.4 is 4.90 Å². The average molecular weight is 499 g/mol. The lowest BCUT2D eigenvalue weighted by Crippen LogP contribution is -2.49. The fraction of sp³-hybridized carbons (Fsp3) is 0.208. The highest BCUT2D eigenvalue weighted by Crippen LogP contribution is 2.28. The van der Waals surface area contributed by atoms with Gasteiger partial charge in [0.1, 0.15) is 5.69 Å². The molecule has 0 radical (unpaired) electrons. The summed E-state index contributed by atoms with van der Waals surface area (Å²) in [6.07, 6.45) is 1.67. The van der Waals surface area contributed by atoms with Crippen molar-refractivity contribution in [3.63, 3.8) is 0 Å². The third kappa shape index (κ3) is 3.98. The van der Waals surface area contributed by atoms with Crippen LogP contribution in [0.25, 0.3) is 11.1 Å². The van der Waals surface area contributed by atoms with Crippen molar-refractivity contribution in [1.82, 2.24) is 9.47 Å². The molecule has 1 aliphatic rings. The Bertz CT molecular complexity index is 1220. The minimum Gasteiger partial charge on any atom is -0.463 e. The average Bonchev–Trinajstić information content (AvgIpc) is 3.38. The van der Waals surface area contributed by atoms with Gasteiger partial charge in [0.2, 0.25) is 0 Å². The molecule has 0 atom stereocenters. The van der Waals surface area contributed by atoms with Gasteiger partial charge in [-0.2, -0.15) is 0 Å². The molecule has 0 aliphatic carbocycles. The Hall–Kier alpha value is -2.70. The molecule has 158 valence electrons.